The van der Waals surface area contributed by atoms with E-state index >= 15 is 0 Å². The van der Waals surface area contributed by atoms with Crippen LogP contribution in [-0.2, 0) is 29.2 Å². The maximum absolute atomic E-state index is 13.3. The predicted molar refractivity (Wildman–Crippen MR) is 167 cm³/mol. The number of nitrogens with zero attached hydrogens (tertiary/aromatic N) is 4. The molecular formula is C34H36F3N5O3. The van der Waals surface area contributed by atoms with E-state index in [4.69, 9.17) is 9.90 Å². The minimum Gasteiger partial charge on any atom is -0.475 e. The number of amides is 1. The van der Waals surface area contributed by atoms with Gasteiger partial charge in [-0.1, -0.05) is 61.5 Å². The molecule has 0 bridgehead atoms. The van der Waals surface area contributed by atoms with Crippen molar-refractivity contribution in [3.8, 4) is 11.3 Å². The summed E-state index contributed by atoms with van der Waals surface area (Å²) in [7, 11) is 0. The van der Waals surface area contributed by atoms with Gasteiger partial charge < -0.3 is 15.3 Å². The van der Waals surface area contributed by atoms with E-state index in [1.165, 1.54) is 5.56 Å². The van der Waals surface area contributed by atoms with Crippen molar-refractivity contribution in [2.45, 2.75) is 53.0 Å². The zero-order valence-electron chi connectivity index (χ0n) is 25.4. The van der Waals surface area contributed by atoms with Crippen LogP contribution in [0.5, 0.6) is 0 Å². The van der Waals surface area contributed by atoms with Gasteiger partial charge in [-0.15, -0.1) is 0 Å². The highest BCUT2D eigenvalue weighted by Gasteiger charge is 2.38. The van der Waals surface area contributed by atoms with Crippen LogP contribution in [0.15, 0.2) is 85.3 Å². The van der Waals surface area contributed by atoms with E-state index in [0.29, 0.717) is 13.1 Å². The highest BCUT2D eigenvalue weighted by Crippen LogP contribution is 2.20. The first-order valence-corrected chi connectivity index (χ1v) is 14.3. The number of rotatable bonds is 11. The number of carboxylic acids is 1. The van der Waals surface area contributed by atoms with Gasteiger partial charge in [0.2, 0.25) is 5.91 Å². The maximum Gasteiger partial charge on any atom is 0.490 e. The second kappa shape index (κ2) is 16.8. The van der Waals surface area contributed by atoms with E-state index in [0.717, 1.165) is 58.8 Å². The molecule has 2 N–H and O–H groups in total. The van der Waals surface area contributed by atoms with Crippen LogP contribution in [0.4, 0.5) is 13.2 Å². The van der Waals surface area contributed by atoms with Crippen molar-refractivity contribution in [3.63, 3.8) is 0 Å². The van der Waals surface area contributed by atoms with Gasteiger partial charge in [0.25, 0.3) is 0 Å². The number of hydrogen-bond acceptors (Lipinski definition) is 6. The molecule has 0 aliphatic rings. The molecule has 1 amide bonds. The number of carbonyl (C=O) groups excluding carboxylic acids is 1. The van der Waals surface area contributed by atoms with Crippen molar-refractivity contribution in [1.29, 1.82) is 0 Å². The summed E-state index contributed by atoms with van der Waals surface area (Å²) in [4.78, 5) is 37.4. The number of pyridine rings is 1. The fourth-order valence-corrected chi connectivity index (χ4v) is 4.06. The zero-order valence-corrected chi connectivity index (χ0v) is 25.4. The van der Waals surface area contributed by atoms with Gasteiger partial charge in [-0.2, -0.15) is 13.2 Å². The van der Waals surface area contributed by atoms with Crippen molar-refractivity contribution in [3.05, 3.63) is 119 Å². The van der Waals surface area contributed by atoms with Crippen LogP contribution in [0.2, 0.25) is 0 Å². The summed E-state index contributed by atoms with van der Waals surface area (Å²) in [6, 6.07) is 20.4. The Labute approximate surface area is 260 Å². The van der Waals surface area contributed by atoms with Crippen molar-refractivity contribution < 1.29 is 27.9 Å². The quantitative estimate of drug-likeness (QED) is 0.145. The molecule has 0 aliphatic carbocycles. The monoisotopic (exact) mass is 619 g/mol. The third-order valence-corrected chi connectivity index (χ3v) is 6.54. The molecule has 8 nitrogen and oxygen atoms in total. The van der Waals surface area contributed by atoms with Gasteiger partial charge in [-0.3, -0.25) is 19.7 Å². The third kappa shape index (κ3) is 11.6. The zero-order chi connectivity index (χ0) is 32.8. The highest BCUT2D eigenvalue weighted by molar-refractivity contribution is 5.92. The first kappa shape index (κ1) is 34.6. The molecule has 0 spiro atoms. The SMILES string of the molecule is CCCNCc1ccc(-c2ccc(CN(Cc3cnc(C)cn3)C(=O)/C=C/c3ccccc3C)cc2)nc1.O=C(O)C(F)(F)F. The van der Waals surface area contributed by atoms with Crippen LogP contribution in [0, 0.1) is 13.8 Å². The van der Waals surface area contributed by atoms with Gasteiger partial charge >= 0.3 is 12.1 Å². The van der Waals surface area contributed by atoms with Gasteiger partial charge in [-0.05, 0) is 61.2 Å². The number of halogens is 3. The molecule has 0 radical (unpaired) electrons. The number of aryl methyl sites for hydroxylation is 2. The number of benzene rings is 2. The molecular weight excluding hydrogens is 583 g/mol. The summed E-state index contributed by atoms with van der Waals surface area (Å²) in [6.45, 7) is 8.76. The van der Waals surface area contributed by atoms with Gasteiger partial charge in [0, 0.05) is 37.1 Å². The molecule has 2 aromatic heterocycles. The predicted octanol–water partition coefficient (Wildman–Crippen LogP) is 6.53. The number of carbonyl (C=O) groups is 2. The molecule has 2 aromatic carbocycles. The highest BCUT2D eigenvalue weighted by atomic mass is 19.4. The molecule has 0 saturated carbocycles. The summed E-state index contributed by atoms with van der Waals surface area (Å²) >= 11 is 0. The second-order valence-corrected chi connectivity index (χ2v) is 10.3. The standard InChI is InChI=1S/C32H35N5O.C2HF3O2/c1-4-17-33-19-27-11-15-31(36-20-27)29-12-9-26(10-13-29)22-37(23-30-21-34-25(3)18-35-30)32(38)16-14-28-8-6-5-7-24(28)2;3-2(4,5)1(6)7/h5-16,18,20-21,33H,4,17,19,22-23H2,1-3H3;(H,6,7)/b16-14+;. The lowest BCUT2D eigenvalue weighted by Gasteiger charge is -2.21. The van der Waals surface area contributed by atoms with E-state index in [1.807, 2.05) is 50.4 Å². The van der Waals surface area contributed by atoms with Crippen LogP contribution in [0.25, 0.3) is 17.3 Å². The van der Waals surface area contributed by atoms with Crippen molar-refractivity contribution >= 4 is 18.0 Å². The Morgan fingerprint density at radius 3 is 2.16 bits per heavy atom. The van der Waals surface area contributed by atoms with Gasteiger partial charge in [-0.25, -0.2) is 4.79 Å². The number of nitrogens with one attached hydrogen (secondary N) is 1. The van der Waals surface area contributed by atoms with E-state index in [2.05, 4.69) is 63.6 Å². The number of carboxylic acid groups (broad SMARTS) is 1. The second-order valence-electron chi connectivity index (χ2n) is 10.3. The summed E-state index contributed by atoms with van der Waals surface area (Å²) < 4.78 is 31.7. The van der Waals surface area contributed by atoms with Crippen LogP contribution in [0.3, 0.4) is 0 Å². The molecule has 45 heavy (non-hydrogen) atoms. The van der Waals surface area contributed by atoms with Crippen molar-refractivity contribution in [2.24, 2.45) is 0 Å². The molecule has 11 heteroatoms. The topological polar surface area (TPSA) is 108 Å². The minimum absolute atomic E-state index is 0.0753. The molecule has 0 atom stereocenters. The fourth-order valence-electron chi connectivity index (χ4n) is 4.06. The van der Waals surface area contributed by atoms with Gasteiger partial charge in [0.05, 0.1) is 29.8 Å². The Kier molecular flexibility index (Phi) is 12.9. The molecule has 0 unspecified atom stereocenters. The number of alkyl halides is 3. The van der Waals surface area contributed by atoms with Crippen molar-refractivity contribution in [2.75, 3.05) is 6.54 Å². The summed E-state index contributed by atoms with van der Waals surface area (Å²) in [5.41, 5.74) is 7.94. The summed E-state index contributed by atoms with van der Waals surface area (Å²) in [6.07, 6.45) is 4.93. The fraction of sp³-hybridized carbons (Fsp3) is 0.265. The maximum atomic E-state index is 13.3. The molecule has 4 rings (SSSR count). The molecule has 4 aromatic rings. The average Bonchev–Trinajstić information content (AvgIpc) is 3.02. The molecule has 0 fully saturated rings. The van der Waals surface area contributed by atoms with Crippen LogP contribution in [0.1, 0.15) is 47.0 Å². The van der Waals surface area contributed by atoms with E-state index in [1.54, 1.807) is 23.4 Å². The van der Waals surface area contributed by atoms with E-state index in [9.17, 15) is 18.0 Å². The summed E-state index contributed by atoms with van der Waals surface area (Å²) in [5.74, 6) is -2.83. The van der Waals surface area contributed by atoms with Crippen LogP contribution < -0.4 is 5.32 Å². The first-order valence-electron chi connectivity index (χ1n) is 14.3. The average molecular weight is 620 g/mol. The Balaban J connectivity index is 0.000000707. The Bertz CT molecular complexity index is 1560. The summed E-state index contributed by atoms with van der Waals surface area (Å²) in [5, 5.41) is 10.5. The number of hydrogen-bond donors (Lipinski definition) is 2. The smallest absolute Gasteiger partial charge is 0.475 e. The molecule has 236 valence electrons. The number of aliphatic carboxylic acids is 1. The Hall–Kier alpha value is -4.90. The first-order chi connectivity index (χ1) is 21.5. The normalized spacial score (nSPS) is 11.2. The van der Waals surface area contributed by atoms with Crippen LogP contribution >= 0.6 is 0 Å². The largest absolute Gasteiger partial charge is 0.490 e. The molecule has 0 aliphatic heterocycles. The van der Waals surface area contributed by atoms with Crippen molar-refractivity contribution in [1.82, 2.24) is 25.2 Å². The lowest BCUT2D eigenvalue weighted by atomic mass is 10.1. The lowest BCUT2D eigenvalue weighted by Crippen LogP contribution is -2.29. The molecule has 0 saturated heterocycles. The van der Waals surface area contributed by atoms with E-state index in [-0.39, 0.29) is 5.91 Å². The van der Waals surface area contributed by atoms with Crippen LogP contribution in [-0.4, -0.2) is 49.6 Å². The Morgan fingerprint density at radius 2 is 1.58 bits per heavy atom. The minimum atomic E-state index is -5.08. The van der Waals surface area contributed by atoms with E-state index < -0.39 is 12.1 Å². The number of aromatic nitrogens is 3. The third-order valence-electron chi connectivity index (χ3n) is 6.54. The van der Waals surface area contributed by atoms with Gasteiger partial charge in [0.15, 0.2) is 0 Å². The molecule has 2 heterocycles. The Morgan fingerprint density at radius 1 is 0.889 bits per heavy atom. The lowest BCUT2D eigenvalue weighted by molar-refractivity contribution is -0.192. The van der Waals surface area contributed by atoms with Gasteiger partial charge in [0.1, 0.15) is 0 Å².